The third-order valence-corrected chi connectivity index (χ3v) is 8.46. The lowest BCUT2D eigenvalue weighted by atomic mass is 9.75. The number of hydrogen-bond donors (Lipinski definition) is 1. The highest BCUT2D eigenvalue weighted by Gasteiger charge is 2.31. The Hall–Kier alpha value is -2.21. The van der Waals surface area contributed by atoms with Crippen LogP contribution in [0.1, 0.15) is 101 Å². The topological polar surface area (TPSA) is 38.7 Å². The average Bonchev–Trinajstić information content (AvgIpc) is 2.91. The van der Waals surface area contributed by atoms with Crippen molar-refractivity contribution in [1.82, 2.24) is 0 Å². The monoisotopic (exact) mass is 518 g/mol. The van der Waals surface area contributed by atoms with Gasteiger partial charge in [-0.05, 0) is 112 Å². The van der Waals surface area contributed by atoms with E-state index >= 15 is 8.78 Å². The fourth-order valence-corrected chi connectivity index (χ4v) is 6.26. The van der Waals surface area contributed by atoms with E-state index < -0.39 is 17.5 Å². The summed E-state index contributed by atoms with van der Waals surface area (Å²) < 4.78 is 55.7. The molecule has 37 heavy (non-hydrogen) atoms. The predicted molar refractivity (Wildman–Crippen MR) is 140 cm³/mol. The minimum Gasteiger partial charge on any atom is -0.494 e. The summed E-state index contributed by atoms with van der Waals surface area (Å²) in [5.74, 6) is -0.599. The van der Waals surface area contributed by atoms with Gasteiger partial charge in [0, 0.05) is 6.07 Å². The van der Waals surface area contributed by atoms with Crippen molar-refractivity contribution in [3.8, 4) is 11.5 Å². The number of ether oxygens (including phenoxy) is 2. The summed E-state index contributed by atoms with van der Waals surface area (Å²) in [5, 5.41) is 10.3. The van der Waals surface area contributed by atoms with Crippen LogP contribution >= 0.6 is 0 Å². The zero-order valence-electron chi connectivity index (χ0n) is 22.2. The highest BCUT2D eigenvalue weighted by molar-refractivity contribution is 5.33. The van der Waals surface area contributed by atoms with Crippen molar-refractivity contribution in [1.29, 1.82) is 0 Å². The quantitative estimate of drug-likeness (QED) is 0.344. The Morgan fingerprint density at radius 2 is 1.41 bits per heavy atom. The van der Waals surface area contributed by atoms with E-state index in [-0.39, 0.29) is 35.5 Å². The Morgan fingerprint density at radius 1 is 0.811 bits per heavy atom. The van der Waals surface area contributed by atoms with Crippen molar-refractivity contribution in [3.05, 3.63) is 58.9 Å². The van der Waals surface area contributed by atoms with Crippen molar-refractivity contribution in [2.75, 3.05) is 13.2 Å². The zero-order valence-corrected chi connectivity index (χ0v) is 22.2. The first-order valence-electron chi connectivity index (χ1n) is 14.1. The summed E-state index contributed by atoms with van der Waals surface area (Å²) in [5.41, 5.74) is 0.967. The Kier molecular flexibility index (Phi) is 9.80. The molecule has 2 aliphatic carbocycles. The Labute approximate surface area is 219 Å². The van der Waals surface area contributed by atoms with Gasteiger partial charge in [-0.2, -0.15) is 0 Å². The van der Waals surface area contributed by atoms with Gasteiger partial charge in [0.2, 0.25) is 0 Å². The van der Waals surface area contributed by atoms with Crippen molar-refractivity contribution in [2.45, 2.75) is 96.0 Å². The number of halogens is 3. The van der Waals surface area contributed by atoms with Crippen LogP contribution in [0.5, 0.6) is 11.5 Å². The summed E-state index contributed by atoms with van der Waals surface area (Å²) in [6.45, 7) is 4.80. The summed E-state index contributed by atoms with van der Waals surface area (Å²) in [6, 6.07) is 8.21. The number of aliphatic hydroxyl groups excluding tert-OH is 1. The largest absolute Gasteiger partial charge is 0.494 e. The van der Waals surface area contributed by atoms with Crippen LogP contribution in [0.25, 0.3) is 0 Å². The van der Waals surface area contributed by atoms with Gasteiger partial charge in [0.15, 0.2) is 23.2 Å². The molecular weight excluding hydrogens is 477 g/mol. The van der Waals surface area contributed by atoms with Crippen molar-refractivity contribution < 1.29 is 27.8 Å². The van der Waals surface area contributed by atoms with E-state index in [0.717, 1.165) is 64.2 Å². The molecule has 0 heterocycles. The fourth-order valence-electron chi connectivity index (χ4n) is 6.26. The van der Waals surface area contributed by atoms with Crippen LogP contribution in [0.2, 0.25) is 0 Å². The average molecular weight is 519 g/mol. The minimum absolute atomic E-state index is 0.0121. The molecule has 2 aliphatic rings. The first-order valence-corrected chi connectivity index (χ1v) is 14.1. The number of benzene rings is 2. The molecule has 2 aromatic rings. The molecule has 2 aromatic carbocycles. The second-order valence-electron chi connectivity index (χ2n) is 10.9. The van der Waals surface area contributed by atoms with Crippen LogP contribution in [0, 0.1) is 29.3 Å². The first-order chi connectivity index (χ1) is 17.9. The number of rotatable bonds is 10. The third-order valence-electron chi connectivity index (χ3n) is 8.46. The molecule has 0 bridgehead atoms. The molecular formula is C31H41F3O3. The van der Waals surface area contributed by atoms with Crippen molar-refractivity contribution in [2.24, 2.45) is 11.8 Å². The maximum atomic E-state index is 15.2. The van der Waals surface area contributed by atoms with Crippen LogP contribution in [0.4, 0.5) is 13.2 Å². The van der Waals surface area contributed by atoms with Gasteiger partial charge >= 0.3 is 0 Å². The highest BCUT2D eigenvalue weighted by atomic mass is 19.2. The Bertz CT molecular complexity index is 1010. The molecule has 6 heteroatoms. The minimum atomic E-state index is -0.693. The van der Waals surface area contributed by atoms with Gasteiger partial charge in [-0.15, -0.1) is 0 Å². The maximum absolute atomic E-state index is 15.2. The molecule has 0 saturated heterocycles. The summed E-state index contributed by atoms with van der Waals surface area (Å²) in [4.78, 5) is 0. The van der Waals surface area contributed by atoms with Crippen LogP contribution in [0.3, 0.4) is 0 Å². The fraction of sp³-hybridized carbons (Fsp3) is 0.613. The third kappa shape index (κ3) is 6.81. The molecule has 2 saturated carbocycles. The molecule has 1 atom stereocenters. The van der Waals surface area contributed by atoms with Gasteiger partial charge < -0.3 is 14.6 Å². The summed E-state index contributed by atoms with van der Waals surface area (Å²) in [6.07, 6.45) is 7.97. The second-order valence-corrected chi connectivity index (χ2v) is 10.9. The van der Waals surface area contributed by atoms with Crippen LogP contribution in [0.15, 0.2) is 30.3 Å². The molecule has 0 radical (unpaired) electrons. The number of hydrogen-bond acceptors (Lipinski definition) is 3. The lowest BCUT2D eigenvalue weighted by molar-refractivity contribution is 0.0727. The van der Waals surface area contributed by atoms with E-state index in [2.05, 4.69) is 6.92 Å². The second kappa shape index (κ2) is 13.0. The molecule has 4 rings (SSSR count). The normalized spacial score (nSPS) is 25.0. The smallest absolute Gasteiger partial charge is 0.168 e. The molecule has 204 valence electrons. The van der Waals surface area contributed by atoms with Crippen LogP contribution in [-0.2, 0) is 0 Å². The summed E-state index contributed by atoms with van der Waals surface area (Å²) in [7, 11) is 0. The maximum Gasteiger partial charge on any atom is 0.168 e. The van der Waals surface area contributed by atoms with E-state index in [0.29, 0.717) is 30.1 Å². The van der Waals surface area contributed by atoms with E-state index in [1.54, 1.807) is 24.3 Å². The van der Waals surface area contributed by atoms with E-state index in [9.17, 15) is 9.50 Å². The molecule has 2 fully saturated rings. The van der Waals surface area contributed by atoms with Crippen LogP contribution in [-0.4, -0.2) is 24.4 Å². The van der Waals surface area contributed by atoms with Gasteiger partial charge in [0.25, 0.3) is 0 Å². The van der Waals surface area contributed by atoms with E-state index in [1.165, 1.54) is 6.07 Å². The van der Waals surface area contributed by atoms with E-state index in [1.807, 2.05) is 6.92 Å². The molecule has 3 nitrogen and oxygen atoms in total. The SMILES string of the molecule is CCCC(O)C1CCC(c2ccc(C3CCC(COc4ccc(OCC)cc4F)CC3)c(F)c2F)CC1. The molecule has 0 aromatic heterocycles. The van der Waals surface area contributed by atoms with Gasteiger partial charge in [-0.1, -0.05) is 25.5 Å². The Morgan fingerprint density at radius 3 is 1.95 bits per heavy atom. The van der Waals surface area contributed by atoms with E-state index in [4.69, 9.17) is 9.47 Å². The van der Waals surface area contributed by atoms with Gasteiger partial charge in [-0.25, -0.2) is 13.2 Å². The Balaban J connectivity index is 1.29. The first kappa shape index (κ1) is 27.8. The predicted octanol–water partition coefficient (Wildman–Crippen LogP) is 8.29. The summed E-state index contributed by atoms with van der Waals surface area (Å²) >= 11 is 0. The highest BCUT2D eigenvalue weighted by Crippen LogP contribution is 2.42. The van der Waals surface area contributed by atoms with Gasteiger partial charge in [0.1, 0.15) is 5.75 Å². The standard InChI is InChI=1S/C31H41F3O3/c1-3-5-28(35)23-12-10-22(11-13-23)26-16-15-25(30(33)31(26)34)21-8-6-20(7-9-21)19-37-29-17-14-24(36-4-2)18-27(29)32/h14-18,20-23,28,35H,3-13,19H2,1-2H3. The zero-order chi connectivity index (χ0) is 26.4. The molecule has 0 aliphatic heterocycles. The molecule has 1 N–H and O–H groups in total. The van der Waals surface area contributed by atoms with Crippen molar-refractivity contribution >= 4 is 0 Å². The molecule has 1 unspecified atom stereocenters. The molecule has 0 spiro atoms. The number of aliphatic hydroxyl groups is 1. The van der Waals surface area contributed by atoms with Gasteiger partial charge in [-0.3, -0.25) is 0 Å². The molecule has 0 amide bonds. The van der Waals surface area contributed by atoms with Crippen molar-refractivity contribution in [3.63, 3.8) is 0 Å². The lowest BCUT2D eigenvalue weighted by Crippen LogP contribution is -2.25. The lowest BCUT2D eigenvalue weighted by Gasteiger charge is -2.32. The van der Waals surface area contributed by atoms with Crippen LogP contribution < -0.4 is 9.47 Å². The van der Waals surface area contributed by atoms with Gasteiger partial charge in [0.05, 0.1) is 19.3 Å².